The molecule has 0 rings (SSSR count). The first-order valence-corrected chi connectivity index (χ1v) is 1.68. The third-order valence-corrected chi connectivity index (χ3v) is 0.373. The molecular formula is C4H6FORb. The van der Waals surface area contributed by atoms with Crippen molar-refractivity contribution in [2.75, 3.05) is 6.67 Å². The van der Waals surface area contributed by atoms with Crippen LogP contribution in [0.15, 0.2) is 0 Å². The van der Waals surface area contributed by atoms with Crippen LogP contribution in [-0.2, 0) is 4.79 Å². The van der Waals surface area contributed by atoms with Crippen molar-refractivity contribution in [2.45, 2.75) is 6.42 Å². The number of hydrogen-bond donors (Lipinski definition) is 0. The maximum Gasteiger partial charge on any atom is 1.00 e. The van der Waals surface area contributed by atoms with E-state index in [1.165, 1.54) is 0 Å². The standard InChI is InChI=1S/C4H6FO.Rb/c1-4(6)2-3-5;/h1-3H2;/q-1;+1. The molecule has 7 heavy (non-hydrogen) atoms. The monoisotopic (exact) mass is 174 g/mol. The normalized spacial score (nSPS) is 7.00. The third-order valence-electron chi connectivity index (χ3n) is 0.373. The maximum atomic E-state index is 11.0. The number of halogens is 1. The number of ketones is 1. The Hall–Kier alpha value is 1.28. The van der Waals surface area contributed by atoms with Gasteiger partial charge < -0.3 is 11.7 Å². The first-order chi connectivity index (χ1) is 2.77. The maximum absolute atomic E-state index is 11.0. The zero-order chi connectivity index (χ0) is 4.99. The fraction of sp³-hybridized carbons (Fsp3) is 0.500. The van der Waals surface area contributed by atoms with Gasteiger partial charge in [0.15, 0.2) is 0 Å². The predicted molar refractivity (Wildman–Crippen MR) is 21.0 cm³/mol. The van der Waals surface area contributed by atoms with Gasteiger partial charge in [0.1, 0.15) is 0 Å². The van der Waals surface area contributed by atoms with E-state index in [9.17, 15) is 9.18 Å². The Labute approximate surface area is 91.5 Å². The molecule has 0 N–H and O–H groups in total. The van der Waals surface area contributed by atoms with Crippen molar-refractivity contribution in [2.24, 2.45) is 0 Å². The van der Waals surface area contributed by atoms with Crippen LogP contribution in [0.5, 0.6) is 0 Å². The van der Waals surface area contributed by atoms with Crippen LogP contribution in [0.1, 0.15) is 6.42 Å². The van der Waals surface area contributed by atoms with Crippen LogP contribution in [0.2, 0.25) is 0 Å². The van der Waals surface area contributed by atoms with Gasteiger partial charge in [-0.1, -0.05) is 0 Å². The summed E-state index contributed by atoms with van der Waals surface area (Å²) >= 11 is 0. The average Bonchev–Trinajstić information content (AvgIpc) is 1.35. The molecule has 0 saturated carbocycles. The number of rotatable bonds is 2. The van der Waals surface area contributed by atoms with E-state index in [4.69, 9.17) is 0 Å². The van der Waals surface area contributed by atoms with Gasteiger partial charge >= 0.3 is 58.2 Å². The molecule has 0 saturated heterocycles. The summed E-state index contributed by atoms with van der Waals surface area (Å²) in [4.78, 5) is 9.69. The summed E-state index contributed by atoms with van der Waals surface area (Å²) in [6.07, 6.45) is -0.0417. The van der Waals surface area contributed by atoms with Crippen molar-refractivity contribution in [3.8, 4) is 0 Å². The second kappa shape index (κ2) is 7.28. The summed E-state index contributed by atoms with van der Waals surface area (Å²) in [5.41, 5.74) is 0. The molecule has 0 aromatic carbocycles. The van der Waals surface area contributed by atoms with Crippen LogP contribution in [0.25, 0.3) is 0 Å². The molecule has 0 aliphatic rings. The van der Waals surface area contributed by atoms with Gasteiger partial charge in [0.2, 0.25) is 0 Å². The summed E-state index contributed by atoms with van der Waals surface area (Å²) in [5.74, 6) is -0.336. The molecule has 0 unspecified atom stereocenters. The molecule has 0 aromatic heterocycles. The molecule has 3 heteroatoms. The van der Waals surface area contributed by atoms with Crippen molar-refractivity contribution in [3.63, 3.8) is 0 Å². The Balaban J connectivity index is 0. The van der Waals surface area contributed by atoms with Crippen molar-refractivity contribution >= 4 is 5.78 Å². The van der Waals surface area contributed by atoms with Gasteiger partial charge in [-0.2, -0.15) is 0 Å². The van der Waals surface area contributed by atoms with Crippen LogP contribution in [-0.4, -0.2) is 12.5 Å². The van der Waals surface area contributed by atoms with Crippen LogP contribution in [0, 0.1) is 6.92 Å². The van der Waals surface area contributed by atoms with Crippen molar-refractivity contribution < 1.29 is 67.4 Å². The van der Waals surface area contributed by atoms with Gasteiger partial charge in [0.25, 0.3) is 0 Å². The molecule has 0 aliphatic heterocycles. The van der Waals surface area contributed by atoms with Crippen LogP contribution in [0.4, 0.5) is 4.39 Å². The molecule has 1 nitrogen and oxygen atoms in total. The van der Waals surface area contributed by atoms with Crippen molar-refractivity contribution in [1.82, 2.24) is 0 Å². The largest absolute Gasteiger partial charge is 1.00 e. The van der Waals surface area contributed by atoms with Gasteiger partial charge in [0, 0.05) is 6.42 Å². The second-order valence-electron chi connectivity index (χ2n) is 0.978. The first-order valence-electron chi connectivity index (χ1n) is 1.68. The first kappa shape index (κ1) is 11.1. The minimum atomic E-state index is -0.581. The Kier molecular flexibility index (Phi) is 11.6. The summed E-state index contributed by atoms with van der Waals surface area (Å²) in [6, 6.07) is 0. The Morgan fingerprint density at radius 1 is 1.71 bits per heavy atom. The minimum Gasteiger partial charge on any atom is -0.339 e. The summed E-state index contributed by atoms with van der Waals surface area (Å²) in [5, 5.41) is 0. The summed E-state index contributed by atoms with van der Waals surface area (Å²) in [7, 11) is 0. The number of Topliss-reactive ketones (excluding diaryl/α,β-unsaturated/α-hetero) is 1. The average molecular weight is 175 g/mol. The molecule has 0 amide bonds. The molecule has 0 aliphatic carbocycles. The molecular weight excluding hydrogens is 169 g/mol. The quantitative estimate of drug-likeness (QED) is 0.433. The molecule has 0 fully saturated rings. The van der Waals surface area contributed by atoms with Crippen LogP contribution < -0.4 is 58.2 Å². The Morgan fingerprint density at radius 2 is 2.14 bits per heavy atom. The molecule has 0 bridgehead atoms. The van der Waals surface area contributed by atoms with Gasteiger partial charge in [0.05, 0.1) is 6.67 Å². The second-order valence-corrected chi connectivity index (χ2v) is 0.978. The number of hydrogen-bond acceptors (Lipinski definition) is 1. The summed E-state index contributed by atoms with van der Waals surface area (Å²) in [6.45, 7) is 2.37. The van der Waals surface area contributed by atoms with Crippen molar-refractivity contribution in [3.05, 3.63) is 6.92 Å². The fourth-order valence-electron chi connectivity index (χ4n) is 0.105. The van der Waals surface area contributed by atoms with Gasteiger partial charge in [-0.25, -0.2) is 0 Å². The Bertz CT molecular complexity index is 55.7. The molecule has 0 heterocycles. The third kappa shape index (κ3) is 11.1. The predicted octanol–water partition coefficient (Wildman–Crippen LogP) is -2.25. The van der Waals surface area contributed by atoms with E-state index >= 15 is 0 Å². The SMILES string of the molecule is [CH2-]C(=O)CCF.[Rb+]. The smallest absolute Gasteiger partial charge is 0.339 e. The zero-order valence-corrected chi connectivity index (χ0v) is 9.32. The molecule has 0 spiro atoms. The molecule has 36 valence electrons. The van der Waals surface area contributed by atoms with E-state index in [1.54, 1.807) is 0 Å². The number of carbonyl (C=O) groups excluding carboxylic acids is 1. The van der Waals surface area contributed by atoms with E-state index in [2.05, 4.69) is 6.92 Å². The van der Waals surface area contributed by atoms with Crippen LogP contribution >= 0.6 is 0 Å². The number of carbonyl (C=O) groups is 1. The topological polar surface area (TPSA) is 17.1 Å². The molecule has 0 atom stereocenters. The van der Waals surface area contributed by atoms with Gasteiger partial charge in [-0.05, 0) is 5.78 Å². The van der Waals surface area contributed by atoms with Gasteiger partial charge in [-0.15, -0.1) is 0 Å². The van der Waals surface area contributed by atoms with E-state index in [0.717, 1.165) is 0 Å². The van der Waals surface area contributed by atoms with E-state index < -0.39 is 6.67 Å². The zero-order valence-electron chi connectivity index (χ0n) is 4.41. The molecule has 0 radical (unpaired) electrons. The Morgan fingerprint density at radius 3 is 2.14 bits per heavy atom. The van der Waals surface area contributed by atoms with Crippen LogP contribution in [0.3, 0.4) is 0 Å². The van der Waals surface area contributed by atoms with E-state index in [1.807, 2.05) is 0 Å². The van der Waals surface area contributed by atoms with E-state index in [-0.39, 0.29) is 70.4 Å². The molecule has 0 aromatic rings. The van der Waals surface area contributed by atoms with Gasteiger partial charge in [-0.3, -0.25) is 4.39 Å². The number of alkyl halides is 1. The van der Waals surface area contributed by atoms with Crippen molar-refractivity contribution in [1.29, 1.82) is 0 Å². The minimum absolute atomic E-state index is 0. The van der Waals surface area contributed by atoms with E-state index in [0.29, 0.717) is 0 Å². The summed E-state index contributed by atoms with van der Waals surface area (Å²) < 4.78 is 11.0. The fourth-order valence-corrected chi connectivity index (χ4v) is 0.105.